The van der Waals surface area contributed by atoms with E-state index in [0.29, 0.717) is 17.0 Å². The maximum absolute atomic E-state index is 12.3. The highest BCUT2D eigenvalue weighted by atomic mass is 32.2. The Morgan fingerprint density at radius 2 is 1.83 bits per heavy atom. The second-order valence-corrected chi connectivity index (χ2v) is 6.43. The zero-order valence-corrected chi connectivity index (χ0v) is 13.9. The molecule has 0 fully saturated rings. The molecular weight excluding hydrogens is 310 g/mol. The number of hydrogen-bond acceptors (Lipinski definition) is 4. The fourth-order valence-corrected chi connectivity index (χ4v) is 2.76. The predicted molar refractivity (Wildman–Crippen MR) is 89.9 cm³/mol. The summed E-state index contributed by atoms with van der Waals surface area (Å²) in [4.78, 5) is 29.1. The molecule has 0 aliphatic heterocycles. The molecule has 2 aromatic rings. The third kappa shape index (κ3) is 5.41. The van der Waals surface area contributed by atoms with E-state index < -0.39 is 0 Å². The molecule has 0 saturated heterocycles. The number of benzene rings is 1. The number of pyridine rings is 1. The lowest BCUT2D eigenvalue weighted by Crippen LogP contribution is -2.42. The standard InChI is InChI=1S/C17H19N3O2S/c1-12(2)11-15(21)19-20-16(22)14-9-6-10-18-17(14)23-13-7-4-3-5-8-13/h3-10,12H,11H2,1-2H3,(H,19,21)(H,20,22). The number of amides is 2. The van der Waals surface area contributed by atoms with Gasteiger partial charge in [-0.1, -0.05) is 43.8 Å². The van der Waals surface area contributed by atoms with Gasteiger partial charge in [-0.05, 0) is 30.2 Å². The lowest BCUT2D eigenvalue weighted by Gasteiger charge is -2.11. The number of nitrogens with one attached hydrogen (secondary N) is 2. The molecule has 1 aromatic carbocycles. The fraction of sp³-hybridized carbons (Fsp3) is 0.235. The second kappa shape index (κ2) is 8.33. The molecule has 0 unspecified atom stereocenters. The van der Waals surface area contributed by atoms with Gasteiger partial charge in [0.05, 0.1) is 5.56 Å². The van der Waals surface area contributed by atoms with Gasteiger partial charge in [0, 0.05) is 17.5 Å². The minimum absolute atomic E-state index is 0.213. The van der Waals surface area contributed by atoms with Crippen LogP contribution in [0.1, 0.15) is 30.6 Å². The monoisotopic (exact) mass is 329 g/mol. The Bertz CT molecular complexity index is 675. The van der Waals surface area contributed by atoms with E-state index in [1.165, 1.54) is 11.8 Å². The Morgan fingerprint density at radius 3 is 2.52 bits per heavy atom. The molecule has 5 nitrogen and oxygen atoms in total. The van der Waals surface area contributed by atoms with E-state index in [0.717, 1.165) is 4.90 Å². The average Bonchev–Trinajstić information content (AvgIpc) is 2.53. The normalized spacial score (nSPS) is 10.4. The largest absolute Gasteiger partial charge is 0.273 e. The van der Waals surface area contributed by atoms with Crippen molar-refractivity contribution in [2.75, 3.05) is 0 Å². The highest BCUT2D eigenvalue weighted by molar-refractivity contribution is 7.99. The summed E-state index contributed by atoms with van der Waals surface area (Å²) in [5.74, 6) is -0.363. The van der Waals surface area contributed by atoms with Crippen molar-refractivity contribution in [3.8, 4) is 0 Å². The van der Waals surface area contributed by atoms with Crippen LogP contribution < -0.4 is 10.9 Å². The van der Waals surface area contributed by atoms with Crippen molar-refractivity contribution in [3.05, 3.63) is 54.2 Å². The third-order valence-corrected chi connectivity index (χ3v) is 3.91. The van der Waals surface area contributed by atoms with Crippen LogP contribution >= 0.6 is 11.8 Å². The van der Waals surface area contributed by atoms with Crippen molar-refractivity contribution in [1.82, 2.24) is 15.8 Å². The number of carbonyl (C=O) groups is 2. The van der Waals surface area contributed by atoms with Crippen molar-refractivity contribution in [2.45, 2.75) is 30.2 Å². The molecule has 0 atom stereocenters. The molecule has 6 heteroatoms. The third-order valence-electron chi connectivity index (χ3n) is 2.88. The average molecular weight is 329 g/mol. The molecule has 2 amide bonds. The first-order valence-corrected chi connectivity index (χ1v) is 8.15. The smallest absolute Gasteiger partial charge is 0.272 e. The molecule has 1 aromatic heterocycles. The van der Waals surface area contributed by atoms with Gasteiger partial charge in [-0.3, -0.25) is 20.4 Å². The molecule has 0 radical (unpaired) electrons. The van der Waals surface area contributed by atoms with Gasteiger partial charge in [0.15, 0.2) is 0 Å². The summed E-state index contributed by atoms with van der Waals surface area (Å²) in [5, 5.41) is 0.592. The minimum Gasteiger partial charge on any atom is -0.273 e. The van der Waals surface area contributed by atoms with Crippen molar-refractivity contribution in [3.63, 3.8) is 0 Å². The van der Waals surface area contributed by atoms with Gasteiger partial charge in [0.1, 0.15) is 5.03 Å². The van der Waals surface area contributed by atoms with Gasteiger partial charge in [0.2, 0.25) is 5.91 Å². The molecule has 2 rings (SSSR count). The molecule has 0 aliphatic rings. The molecule has 0 saturated carbocycles. The number of hydrogen-bond donors (Lipinski definition) is 2. The van der Waals surface area contributed by atoms with E-state index >= 15 is 0 Å². The number of hydrazine groups is 1. The predicted octanol–water partition coefficient (Wildman–Crippen LogP) is 3.04. The number of nitrogens with zero attached hydrogens (tertiary/aromatic N) is 1. The Morgan fingerprint density at radius 1 is 1.09 bits per heavy atom. The van der Waals surface area contributed by atoms with Gasteiger partial charge in [-0.15, -0.1) is 0 Å². The number of aromatic nitrogens is 1. The molecule has 120 valence electrons. The van der Waals surface area contributed by atoms with Crippen LogP contribution in [0.2, 0.25) is 0 Å². The second-order valence-electron chi connectivity index (χ2n) is 5.37. The maximum Gasteiger partial charge on any atom is 0.272 e. The zero-order valence-electron chi connectivity index (χ0n) is 13.1. The van der Waals surface area contributed by atoms with Crippen LogP contribution in [0.3, 0.4) is 0 Å². The van der Waals surface area contributed by atoms with Crippen molar-refractivity contribution < 1.29 is 9.59 Å². The zero-order chi connectivity index (χ0) is 16.7. The van der Waals surface area contributed by atoms with E-state index in [9.17, 15) is 9.59 Å². The summed E-state index contributed by atoms with van der Waals surface area (Å²) in [7, 11) is 0. The lowest BCUT2D eigenvalue weighted by atomic mass is 10.1. The molecular formula is C17H19N3O2S. The van der Waals surface area contributed by atoms with Crippen LogP contribution in [0.5, 0.6) is 0 Å². The summed E-state index contributed by atoms with van der Waals surface area (Å²) in [6.45, 7) is 3.88. The van der Waals surface area contributed by atoms with E-state index in [2.05, 4.69) is 15.8 Å². The number of rotatable bonds is 5. The summed E-state index contributed by atoms with van der Waals surface area (Å²) in [5.41, 5.74) is 5.29. The van der Waals surface area contributed by atoms with Crippen LogP contribution in [-0.4, -0.2) is 16.8 Å². The summed E-state index contributed by atoms with van der Waals surface area (Å²) in [6, 6.07) is 13.1. The quantitative estimate of drug-likeness (QED) is 0.827. The lowest BCUT2D eigenvalue weighted by molar-refractivity contribution is -0.122. The first-order valence-electron chi connectivity index (χ1n) is 7.33. The van der Waals surface area contributed by atoms with Crippen molar-refractivity contribution in [2.24, 2.45) is 5.92 Å². The SMILES string of the molecule is CC(C)CC(=O)NNC(=O)c1cccnc1Sc1ccccc1. The van der Waals surface area contributed by atoms with Crippen LogP contribution in [0.25, 0.3) is 0 Å². The van der Waals surface area contributed by atoms with Gasteiger partial charge in [-0.25, -0.2) is 4.98 Å². The first-order chi connectivity index (χ1) is 11.1. The highest BCUT2D eigenvalue weighted by Gasteiger charge is 2.14. The van der Waals surface area contributed by atoms with Crippen LogP contribution in [0, 0.1) is 5.92 Å². The Kier molecular flexibility index (Phi) is 6.17. The molecule has 0 spiro atoms. The molecule has 2 N–H and O–H groups in total. The first kappa shape index (κ1) is 17.0. The Labute approximate surface area is 139 Å². The Balaban J connectivity index is 2.04. The Hall–Kier alpha value is -2.34. The molecule has 1 heterocycles. The molecule has 23 heavy (non-hydrogen) atoms. The minimum atomic E-state index is -0.381. The maximum atomic E-state index is 12.3. The van der Waals surface area contributed by atoms with E-state index in [4.69, 9.17) is 0 Å². The van der Waals surface area contributed by atoms with Crippen LogP contribution in [0.15, 0.2) is 58.6 Å². The van der Waals surface area contributed by atoms with Gasteiger partial charge >= 0.3 is 0 Å². The van der Waals surface area contributed by atoms with E-state index in [1.54, 1.807) is 18.3 Å². The summed E-state index contributed by atoms with van der Waals surface area (Å²) >= 11 is 1.40. The topological polar surface area (TPSA) is 71.1 Å². The van der Waals surface area contributed by atoms with Gasteiger partial charge in [0.25, 0.3) is 5.91 Å². The van der Waals surface area contributed by atoms with E-state index in [1.807, 2.05) is 44.2 Å². The van der Waals surface area contributed by atoms with Gasteiger partial charge in [-0.2, -0.15) is 0 Å². The summed E-state index contributed by atoms with van der Waals surface area (Å²) < 4.78 is 0. The van der Waals surface area contributed by atoms with Gasteiger partial charge < -0.3 is 0 Å². The van der Waals surface area contributed by atoms with E-state index in [-0.39, 0.29) is 17.7 Å². The van der Waals surface area contributed by atoms with Crippen LogP contribution in [0.4, 0.5) is 0 Å². The van der Waals surface area contributed by atoms with Crippen molar-refractivity contribution >= 4 is 23.6 Å². The molecule has 0 aliphatic carbocycles. The molecule has 0 bridgehead atoms. The van der Waals surface area contributed by atoms with Crippen LogP contribution in [-0.2, 0) is 4.79 Å². The fourth-order valence-electron chi connectivity index (χ4n) is 1.86. The summed E-state index contributed by atoms with van der Waals surface area (Å²) in [6.07, 6.45) is 2.00. The highest BCUT2D eigenvalue weighted by Crippen LogP contribution is 2.28. The number of carbonyl (C=O) groups excluding carboxylic acids is 2. The van der Waals surface area contributed by atoms with Crippen molar-refractivity contribution in [1.29, 1.82) is 0 Å².